The largest absolute Gasteiger partial charge is 0.494 e. The van der Waals surface area contributed by atoms with Crippen molar-refractivity contribution < 1.29 is 19.4 Å². The van der Waals surface area contributed by atoms with Crippen LogP contribution in [0, 0.1) is 0 Å². The molecule has 0 fully saturated rings. The minimum absolute atomic E-state index is 0.0508. The molecule has 2 aromatic heterocycles. The average molecular weight is 565 g/mol. The number of carbonyl (C=O) groups excluding carboxylic acids is 1. The van der Waals surface area contributed by atoms with Crippen LogP contribution in [-0.2, 0) is 19.4 Å². The zero-order valence-corrected chi connectivity index (χ0v) is 23.1. The molecule has 9 heteroatoms. The van der Waals surface area contributed by atoms with Crippen LogP contribution in [0.15, 0.2) is 84.9 Å². The predicted molar refractivity (Wildman–Crippen MR) is 160 cm³/mol. The SMILES string of the molecule is O=C(Nc1nc2ccccc2s1)c1cccc2c1CN(c1ccc(CCCOc3ccccc3)c(C(=O)O)n1)CC2. The molecule has 0 saturated heterocycles. The van der Waals surface area contributed by atoms with Crippen LogP contribution in [0.4, 0.5) is 10.9 Å². The van der Waals surface area contributed by atoms with Crippen molar-refractivity contribution in [2.45, 2.75) is 25.8 Å². The molecule has 8 nitrogen and oxygen atoms in total. The number of carboxylic acid groups (broad SMARTS) is 1. The Labute approximate surface area is 241 Å². The number of fused-ring (bicyclic) bond motifs is 2. The van der Waals surface area contributed by atoms with E-state index >= 15 is 0 Å². The fraction of sp³-hybridized carbons (Fsp3) is 0.188. The van der Waals surface area contributed by atoms with Crippen molar-refractivity contribution in [3.63, 3.8) is 0 Å². The molecule has 3 heterocycles. The molecule has 0 radical (unpaired) electrons. The summed E-state index contributed by atoms with van der Waals surface area (Å²) in [7, 11) is 0. The normalized spacial score (nSPS) is 12.6. The number of rotatable bonds is 9. The second-order valence-corrected chi connectivity index (χ2v) is 10.8. The van der Waals surface area contributed by atoms with Crippen LogP contribution >= 0.6 is 11.3 Å². The van der Waals surface area contributed by atoms with Gasteiger partial charge in [0.15, 0.2) is 10.8 Å². The van der Waals surface area contributed by atoms with Crippen molar-refractivity contribution in [3.05, 3.63) is 113 Å². The van der Waals surface area contributed by atoms with E-state index in [1.165, 1.54) is 11.3 Å². The number of carboxylic acids is 1. The summed E-state index contributed by atoms with van der Waals surface area (Å²) in [4.78, 5) is 36.6. The van der Waals surface area contributed by atoms with Gasteiger partial charge in [0.25, 0.3) is 5.91 Å². The first-order valence-electron chi connectivity index (χ1n) is 13.5. The highest BCUT2D eigenvalue weighted by molar-refractivity contribution is 7.22. The van der Waals surface area contributed by atoms with Crippen molar-refractivity contribution in [2.24, 2.45) is 0 Å². The van der Waals surface area contributed by atoms with Crippen LogP contribution < -0.4 is 15.0 Å². The number of nitrogens with one attached hydrogen (secondary N) is 1. The van der Waals surface area contributed by atoms with Crippen molar-refractivity contribution >= 4 is 44.4 Å². The molecule has 0 unspecified atom stereocenters. The second-order valence-electron chi connectivity index (χ2n) is 9.80. The van der Waals surface area contributed by atoms with E-state index in [0.717, 1.165) is 33.5 Å². The molecule has 5 aromatic rings. The standard InChI is InChI=1S/C32H28N4O4S/c37-30(35-32-33-26-13-4-5-14-27(26)41-32)24-12-6-8-21-17-18-36(20-25(21)24)28-16-15-22(29(34-28)31(38)39)9-7-19-40-23-10-2-1-3-11-23/h1-6,8,10-16H,7,9,17-20H2,(H,38,39)(H,33,35,37). The fourth-order valence-corrected chi connectivity index (χ4v) is 5.95. The minimum atomic E-state index is -1.06. The molecule has 0 atom stereocenters. The molecule has 6 rings (SSSR count). The van der Waals surface area contributed by atoms with Gasteiger partial charge in [0, 0.05) is 18.7 Å². The molecule has 0 aliphatic carbocycles. The molecule has 2 N–H and O–H groups in total. The Morgan fingerprint density at radius 1 is 0.951 bits per heavy atom. The molecule has 1 aliphatic rings. The highest BCUT2D eigenvalue weighted by Gasteiger charge is 2.24. The van der Waals surface area contributed by atoms with Gasteiger partial charge in [-0.15, -0.1) is 0 Å². The van der Waals surface area contributed by atoms with E-state index in [9.17, 15) is 14.7 Å². The van der Waals surface area contributed by atoms with Crippen LogP contribution in [0.5, 0.6) is 5.75 Å². The number of hydrogen-bond donors (Lipinski definition) is 2. The van der Waals surface area contributed by atoms with E-state index < -0.39 is 5.97 Å². The first kappa shape index (κ1) is 26.5. The zero-order valence-electron chi connectivity index (χ0n) is 22.2. The Balaban J connectivity index is 1.17. The van der Waals surface area contributed by atoms with Gasteiger partial charge in [0.2, 0.25) is 0 Å². The first-order chi connectivity index (χ1) is 20.0. The molecular formula is C32H28N4O4S. The summed E-state index contributed by atoms with van der Waals surface area (Å²) < 4.78 is 6.76. The van der Waals surface area contributed by atoms with Gasteiger partial charge in [-0.05, 0) is 72.4 Å². The van der Waals surface area contributed by atoms with Gasteiger partial charge < -0.3 is 14.7 Å². The van der Waals surface area contributed by atoms with E-state index in [1.807, 2.05) is 89.8 Å². The number of thiazole rings is 1. The lowest BCUT2D eigenvalue weighted by Crippen LogP contribution is -2.33. The summed E-state index contributed by atoms with van der Waals surface area (Å²) in [5.41, 5.74) is 4.17. The van der Waals surface area contributed by atoms with Gasteiger partial charge in [-0.25, -0.2) is 14.8 Å². The van der Waals surface area contributed by atoms with E-state index in [0.29, 0.717) is 54.6 Å². The Bertz CT molecular complexity index is 1690. The minimum Gasteiger partial charge on any atom is -0.494 e. The van der Waals surface area contributed by atoms with Gasteiger partial charge >= 0.3 is 5.97 Å². The lowest BCUT2D eigenvalue weighted by molar-refractivity contribution is 0.0689. The molecule has 206 valence electrons. The Morgan fingerprint density at radius 2 is 1.78 bits per heavy atom. The molecule has 0 spiro atoms. The number of ether oxygens (including phenoxy) is 1. The predicted octanol–water partition coefficient (Wildman–Crippen LogP) is 6.22. The lowest BCUT2D eigenvalue weighted by Gasteiger charge is -2.31. The quantitative estimate of drug-likeness (QED) is 0.205. The van der Waals surface area contributed by atoms with Crippen molar-refractivity contribution in [1.29, 1.82) is 0 Å². The summed E-state index contributed by atoms with van der Waals surface area (Å²) >= 11 is 1.44. The highest BCUT2D eigenvalue weighted by Crippen LogP contribution is 2.29. The Morgan fingerprint density at radius 3 is 2.61 bits per heavy atom. The smallest absolute Gasteiger partial charge is 0.354 e. The maximum atomic E-state index is 13.3. The van der Waals surface area contributed by atoms with E-state index in [1.54, 1.807) is 0 Å². The molecule has 0 saturated carbocycles. The van der Waals surface area contributed by atoms with Gasteiger partial charge in [0.1, 0.15) is 11.6 Å². The number of benzene rings is 3. The fourth-order valence-electron chi connectivity index (χ4n) is 5.09. The number of para-hydroxylation sites is 2. The van der Waals surface area contributed by atoms with Gasteiger partial charge in [-0.3, -0.25) is 10.1 Å². The summed E-state index contributed by atoms with van der Waals surface area (Å²) in [6.07, 6.45) is 1.93. The Hall–Kier alpha value is -4.76. The average Bonchev–Trinajstić information content (AvgIpc) is 3.41. The monoisotopic (exact) mass is 564 g/mol. The van der Waals surface area contributed by atoms with Crippen molar-refractivity contribution in [1.82, 2.24) is 9.97 Å². The summed E-state index contributed by atoms with van der Waals surface area (Å²) in [6, 6.07) is 26.8. The van der Waals surface area contributed by atoms with Crippen molar-refractivity contribution in [3.8, 4) is 5.75 Å². The van der Waals surface area contributed by atoms with Crippen LogP contribution in [0.25, 0.3) is 10.2 Å². The third kappa shape index (κ3) is 5.90. The summed E-state index contributed by atoms with van der Waals surface area (Å²) in [5.74, 6) is 0.103. The number of aromatic carboxylic acids is 1. The van der Waals surface area contributed by atoms with Crippen LogP contribution in [0.2, 0.25) is 0 Å². The number of pyridine rings is 1. The number of aryl methyl sites for hydroxylation is 1. The number of anilines is 2. The summed E-state index contributed by atoms with van der Waals surface area (Å²) in [6.45, 7) is 1.61. The number of hydrogen-bond acceptors (Lipinski definition) is 7. The second kappa shape index (κ2) is 11.8. The van der Waals surface area contributed by atoms with Crippen LogP contribution in [0.3, 0.4) is 0 Å². The lowest BCUT2D eigenvalue weighted by atomic mass is 9.94. The first-order valence-corrected chi connectivity index (χ1v) is 14.3. The number of nitrogens with zero attached hydrogens (tertiary/aromatic N) is 3. The topological polar surface area (TPSA) is 105 Å². The number of carbonyl (C=O) groups is 2. The third-order valence-corrected chi connectivity index (χ3v) is 8.08. The van der Waals surface area contributed by atoms with Crippen LogP contribution in [0.1, 0.15) is 44.0 Å². The van der Waals surface area contributed by atoms with Crippen LogP contribution in [-0.4, -0.2) is 40.1 Å². The zero-order chi connectivity index (χ0) is 28.2. The van der Waals surface area contributed by atoms with Gasteiger partial charge in [-0.1, -0.05) is 59.9 Å². The maximum Gasteiger partial charge on any atom is 0.354 e. The highest BCUT2D eigenvalue weighted by atomic mass is 32.1. The van der Waals surface area contributed by atoms with E-state index in [2.05, 4.69) is 15.3 Å². The molecule has 0 bridgehead atoms. The number of aromatic nitrogens is 2. The van der Waals surface area contributed by atoms with E-state index in [-0.39, 0.29) is 11.6 Å². The molecule has 1 amide bonds. The number of amides is 1. The third-order valence-electron chi connectivity index (χ3n) is 7.13. The van der Waals surface area contributed by atoms with Gasteiger partial charge in [-0.2, -0.15) is 0 Å². The molecule has 1 aliphatic heterocycles. The maximum absolute atomic E-state index is 13.3. The summed E-state index contributed by atoms with van der Waals surface area (Å²) in [5, 5.41) is 13.4. The molecular weight excluding hydrogens is 536 g/mol. The van der Waals surface area contributed by atoms with Gasteiger partial charge in [0.05, 0.1) is 16.8 Å². The van der Waals surface area contributed by atoms with Crippen molar-refractivity contribution in [2.75, 3.05) is 23.4 Å². The van der Waals surface area contributed by atoms with E-state index in [4.69, 9.17) is 4.74 Å². The Kier molecular flexibility index (Phi) is 7.60. The molecule has 3 aromatic carbocycles. The molecule has 41 heavy (non-hydrogen) atoms.